The molecule has 1 heterocycles. The van der Waals surface area contributed by atoms with Crippen molar-refractivity contribution in [1.82, 2.24) is 20.1 Å². The molecule has 0 spiro atoms. The largest absolute Gasteiger partial charge is 0.383 e. The van der Waals surface area contributed by atoms with E-state index < -0.39 is 0 Å². The molecule has 0 saturated heterocycles. The van der Waals surface area contributed by atoms with Crippen LogP contribution in [0, 0.1) is 0 Å². The van der Waals surface area contributed by atoms with Crippen molar-refractivity contribution in [3.8, 4) is 0 Å². The second kappa shape index (κ2) is 8.16. The van der Waals surface area contributed by atoms with Gasteiger partial charge >= 0.3 is 0 Å². The average Bonchev–Trinajstić information content (AvgIpc) is 2.72. The third-order valence-corrected chi connectivity index (χ3v) is 2.71. The fourth-order valence-corrected chi connectivity index (χ4v) is 1.73. The molecular formula is C11H23N5O. The van der Waals surface area contributed by atoms with Gasteiger partial charge in [0.05, 0.1) is 6.61 Å². The van der Waals surface area contributed by atoms with Gasteiger partial charge in [-0.05, 0) is 19.4 Å². The SMILES string of the molecule is COCC(CCCN)NCCc1nncn1C. The van der Waals surface area contributed by atoms with Crippen molar-refractivity contribution in [1.29, 1.82) is 0 Å². The summed E-state index contributed by atoms with van der Waals surface area (Å²) in [5.74, 6) is 0.993. The van der Waals surface area contributed by atoms with Crippen molar-refractivity contribution in [2.45, 2.75) is 25.3 Å². The van der Waals surface area contributed by atoms with Gasteiger partial charge in [0.2, 0.25) is 0 Å². The molecule has 6 heteroatoms. The quantitative estimate of drug-likeness (QED) is 0.621. The summed E-state index contributed by atoms with van der Waals surface area (Å²) in [6, 6.07) is 0.372. The van der Waals surface area contributed by atoms with Crippen LogP contribution in [0.4, 0.5) is 0 Å². The number of aromatic nitrogens is 3. The molecule has 0 bridgehead atoms. The van der Waals surface area contributed by atoms with E-state index in [1.165, 1.54) is 0 Å². The summed E-state index contributed by atoms with van der Waals surface area (Å²) < 4.78 is 7.11. The molecule has 1 aromatic rings. The second-order valence-corrected chi connectivity index (χ2v) is 4.15. The fraction of sp³-hybridized carbons (Fsp3) is 0.818. The number of nitrogens with one attached hydrogen (secondary N) is 1. The standard InChI is InChI=1S/C11H23N5O/c1-16-9-14-15-11(16)5-7-13-10(8-17-2)4-3-6-12/h9-10,13H,3-8,12H2,1-2H3. The van der Waals surface area contributed by atoms with E-state index in [0.717, 1.165) is 44.8 Å². The van der Waals surface area contributed by atoms with Crippen LogP contribution in [0.25, 0.3) is 0 Å². The topological polar surface area (TPSA) is 78.0 Å². The first-order chi connectivity index (χ1) is 8.27. The zero-order chi connectivity index (χ0) is 12.5. The van der Waals surface area contributed by atoms with Crippen LogP contribution in [-0.2, 0) is 18.2 Å². The van der Waals surface area contributed by atoms with Gasteiger partial charge in [0.25, 0.3) is 0 Å². The number of aryl methyl sites for hydroxylation is 1. The van der Waals surface area contributed by atoms with Crippen molar-refractivity contribution in [2.24, 2.45) is 12.8 Å². The number of nitrogens with zero attached hydrogens (tertiary/aromatic N) is 3. The van der Waals surface area contributed by atoms with Crippen LogP contribution in [-0.4, -0.2) is 47.6 Å². The monoisotopic (exact) mass is 241 g/mol. The maximum atomic E-state index is 5.51. The normalized spacial score (nSPS) is 12.9. The molecule has 17 heavy (non-hydrogen) atoms. The molecule has 0 aliphatic heterocycles. The van der Waals surface area contributed by atoms with Crippen molar-refractivity contribution >= 4 is 0 Å². The van der Waals surface area contributed by atoms with Gasteiger partial charge in [-0.1, -0.05) is 0 Å². The molecule has 1 unspecified atom stereocenters. The summed E-state index contributed by atoms with van der Waals surface area (Å²) in [6.07, 6.45) is 4.66. The maximum absolute atomic E-state index is 5.51. The van der Waals surface area contributed by atoms with Gasteiger partial charge in [0, 0.05) is 33.2 Å². The van der Waals surface area contributed by atoms with Crippen molar-refractivity contribution in [3.63, 3.8) is 0 Å². The van der Waals surface area contributed by atoms with Crippen LogP contribution < -0.4 is 11.1 Å². The number of methoxy groups -OCH3 is 1. The Morgan fingerprint density at radius 2 is 2.41 bits per heavy atom. The molecule has 6 nitrogen and oxygen atoms in total. The summed E-state index contributed by atoms with van der Waals surface area (Å²) in [7, 11) is 3.68. The van der Waals surface area contributed by atoms with Crippen LogP contribution in [0.3, 0.4) is 0 Å². The number of rotatable bonds is 9. The summed E-state index contributed by atoms with van der Waals surface area (Å²) in [5.41, 5.74) is 5.51. The Morgan fingerprint density at radius 1 is 1.59 bits per heavy atom. The van der Waals surface area contributed by atoms with Gasteiger partial charge in [0.15, 0.2) is 0 Å². The Labute approximate surface area is 103 Å². The highest BCUT2D eigenvalue weighted by Gasteiger charge is 2.07. The van der Waals surface area contributed by atoms with Gasteiger partial charge in [0.1, 0.15) is 12.2 Å². The number of nitrogens with two attached hydrogens (primary N) is 1. The van der Waals surface area contributed by atoms with Gasteiger partial charge in [-0.25, -0.2) is 0 Å². The highest BCUT2D eigenvalue weighted by molar-refractivity contribution is 4.85. The summed E-state index contributed by atoms with van der Waals surface area (Å²) in [4.78, 5) is 0. The first-order valence-corrected chi connectivity index (χ1v) is 6.03. The van der Waals surface area contributed by atoms with Gasteiger partial charge < -0.3 is 20.4 Å². The Hall–Kier alpha value is -0.980. The van der Waals surface area contributed by atoms with Gasteiger partial charge in [-0.2, -0.15) is 0 Å². The lowest BCUT2D eigenvalue weighted by atomic mass is 10.1. The summed E-state index contributed by atoms with van der Waals surface area (Å²) in [6.45, 7) is 2.33. The van der Waals surface area contributed by atoms with E-state index >= 15 is 0 Å². The molecule has 1 atom stereocenters. The third-order valence-electron chi connectivity index (χ3n) is 2.71. The van der Waals surface area contributed by atoms with Crippen LogP contribution in [0.15, 0.2) is 6.33 Å². The molecule has 0 saturated carbocycles. The van der Waals surface area contributed by atoms with E-state index in [0.29, 0.717) is 6.04 Å². The van der Waals surface area contributed by atoms with Crippen molar-refractivity contribution in [3.05, 3.63) is 12.2 Å². The molecule has 1 aromatic heterocycles. The van der Waals surface area contributed by atoms with E-state index in [9.17, 15) is 0 Å². The zero-order valence-corrected chi connectivity index (χ0v) is 10.7. The van der Waals surface area contributed by atoms with Gasteiger partial charge in [-0.15, -0.1) is 10.2 Å². The van der Waals surface area contributed by atoms with Crippen LogP contribution in [0.2, 0.25) is 0 Å². The van der Waals surface area contributed by atoms with Crippen molar-refractivity contribution < 1.29 is 4.74 Å². The minimum absolute atomic E-state index is 0.372. The van der Waals surface area contributed by atoms with E-state index in [1.807, 2.05) is 11.6 Å². The summed E-state index contributed by atoms with van der Waals surface area (Å²) in [5, 5.41) is 11.4. The Bertz CT molecular complexity index is 302. The zero-order valence-electron chi connectivity index (χ0n) is 10.7. The molecule has 0 fully saturated rings. The minimum Gasteiger partial charge on any atom is -0.383 e. The molecule has 0 aliphatic rings. The van der Waals surface area contributed by atoms with Crippen molar-refractivity contribution in [2.75, 3.05) is 26.8 Å². The van der Waals surface area contributed by atoms with Crippen LogP contribution in [0.5, 0.6) is 0 Å². The Morgan fingerprint density at radius 3 is 3.00 bits per heavy atom. The van der Waals surface area contributed by atoms with E-state index in [2.05, 4.69) is 15.5 Å². The van der Waals surface area contributed by atoms with Crippen LogP contribution in [0.1, 0.15) is 18.7 Å². The number of hydrogen-bond donors (Lipinski definition) is 2. The Kier molecular flexibility index (Phi) is 6.76. The average molecular weight is 241 g/mol. The lowest BCUT2D eigenvalue weighted by Gasteiger charge is -2.17. The van der Waals surface area contributed by atoms with Crippen LogP contribution >= 0.6 is 0 Å². The van der Waals surface area contributed by atoms with Gasteiger partial charge in [-0.3, -0.25) is 0 Å². The predicted octanol–water partition coefficient (Wildman–Crippen LogP) is -0.299. The predicted molar refractivity (Wildman–Crippen MR) is 66.7 cm³/mol. The first-order valence-electron chi connectivity index (χ1n) is 6.03. The molecular weight excluding hydrogens is 218 g/mol. The first kappa shape index (κ1) is 14.1. The summed E-state index contributed by atoms with van der Waals surface area (Å²) >= 11 is 0. The number of hydrogen-bond acceptors (Lipinski definition) is 5. The molecule has 0 amide bonds. The smallest absolute Gasteiger partial charge is 0.133 e. The molecule has 0 radical (unpaired) electrons. The van der Waals surface area contributed by atoms with E-state index in [1.54, 1.807) is 13.4 Å². The molecule has 98 valence electrons. The second-order valence-electron chi connectivity index (χ2n) is 4.15. The Balaban J connectivity index is 2.24. The molecule has 0 aromatic carbocycles. The van der Waals surface area contributed by atoms with E-state index in [-0.39, 0.29) is 0 Å². The maximum Gasteiger partial charge on any atom is 0.133 e. The third kappa shape index (κ3) is 5.25. The lowest BCUT2D eigenvalue weighted by Crippen LogP contribution is -2.35. The molecule has 1 rings (SSSR count). The molecule has 3 N–H and O–H groups in total. The lowest BCUT2D eigenvalue weighted by molar-refractivity contribution is 0.162. The molecule has 0 aliphatic carbocycles. The number of ether oxygens (including phenoxy) is 1. The highest BCUT2D eigenvalue weighted by atomic mass is 16.5. The fourth-order valence-electron chi connectivity index (χ4n) is 1.73. The minimum atomic E-state index is 0.372. The van der Waals surface area contributed by atoms with E-state index in [4.69, 9.17) is 10.5 Å². The highest BCUT2D eigenvalue weighted by Crippen LogP contribution is 1.98.